The van der Waals surface area contributed by atoms with Gasteiger partial charge < -0.3 is 15.8 Å². The zero-order valence-electron chi connectivity index (χ0n) is 11.4. The van der Waals surface area contributed by atoms with Crippen molar-refractivity contribution in [2.75, 3.05) is 19.0 Å². The van der Waals surface area contributed by atoms with Crippen molar-refractivity contribution in [1.82, 2.24) is 10.2 Å². The number of nitrogens with zero attached hydrogens (tertiary/aromatic N) is 2. The van der Waals surface area contributed by atoms with Crippen LogP contribution in [0.4, 0.5) is 5.13 Å². The number of amides is 1. The van der Waals surface area contributed by atoms with Crippen LogP contribution < -0.4 is 11.1 Å². The molecule has 0 aliphatic rings. The van der Waals surface area contributed by atoms with E-state index in [1.54, 1.807) is 0 Å². The Morgan fingerprint density at radius 3 is 2.68 bits per heavy atom. The van der Waals surface area contributed by atoms with Crippen molar-refractivity contribution in [2.45, 2.75) is 32.8 Å². The molecule has 0 aromatic carbocycles. The minimum Gasteiger partial charge on any atom is -0.380 e. The number of halogens is 1. The second kappa shape index (κ2) is 9.19. The summed E-state index contributed by atoms with van der Waals surface area (Å²) < 4.78 is 5.05. The van der Waals surface area contributed by atoms with Gasteiger partial charge in [-0.25, -0.2) is 0 Å². The SMILES string of the molecule is COC(CN)CC(=O)Nc1nnc(CC(C)C)s1.Cl. The predicted molar refractivity (Wildman–Crippen MR) is 78.8 cm³/mol. The van der Waals surface area contributed by atoms with E-state index in [1.807, 2.05) is 0 Å². The number of nitrogens with one attached hydrogen (secondary N) is 1. The lowest BCUT2D eigenvalue weighted by atomic mass is 10.1. The first kappa shape index (κ1) is 18.2. The number of methoxy groups -OCH3 is 1. The fourth-order valence-corrected chi connectivity index (χ4v) is 2.34. The normalized spacial score (nSPS) is 12.1. The molecule has 1 heterocycles. The lowest BCUT2D eigenvalue weighted by molar-refractivity contribution is -0.118. The molecular weight excluding hydrogens is 288 g/mol. The van der Waals surface area contributed by atoms with Crippen molar-refractivity contribution in [3.63, 3.8) is 0 Å². The van der Waals surface area contributed by atoms with Crippen LogP contribution in [0.2, 0.25) is 0 Å². The summed E-state index contributed by atoms with van der Waals surface area (Å²) in [6, 6.07) is 0. The summed E-state index contributed by atoms with van der Waals surface area (Å²) in [4.78, 5) is 11.7. The second-order valence-electron chi connectivity index (χ2n) is 4.44. The van der Waals surface area contributed by atoms with E-state index in [0.29, 0.717) is 17.6 Å². The number of nitrogens with two attached hydrogens (primary N) is 1. The predicted octanol–water partition coefficient (Wildman–Crippen LogP) is 1.46. The molecule has 0 saturated heterocycles. The summed E-state index contributed by atoms with van der Waals surface area (Å²) in [5.41, 5.74) is 5.45. The number of carbonyl (C=O) groups excluding carboxylic acids is 1. The lowest BCUT2D eigenvalue weighted by Gasteiger charge is -2.11. The van der Waals surface area contributed by atoms with Gasteiger partial charge in [-0.1, -0.05) is 25.2 Å². The van der Waals surface area contributed by atoms with Gasteiger partial charge in [-0.05, 0) is 5.92 Å². The summed E-state index contributed by atoms with van der Waals surface area (Å²) >= 11 is 1.41. The van der Waals surface area contributed by atoms with Crippen LogP contribution in [0.15, 0.2) is 0 Å². The van der Waals surface area contributed by atoms with E-state index in [-0.39, 0.29) is 30.8 Å². The maximum absolute atomic E-state index is 11.7. The van der Waals surface area contributed by atoms with E-state index in [0.717, 1.165) is 11.4 Å². The average Bonchev–Trinajstić information content (AvgIpc) is 2.72. The molecule has 3 N–H and O–H groups in total. The lowest BCUT2D eigenvalue weighted by Crippen LogP contribution is -2.28. The van der Waals surface area contributed by atoms with Gasteiger partial charge in [0.2, 0.25) is 11.0 Å². The number of ether oxygens (including phenoxy) is 1. The van der Waals surface area contributed by atoms with Gasteiger partial charge in [-0.15, -0.1) is 22.6 Å². The Labute approximate surface area is 123 Å². The molecule has 1 amide bonds. The third-order valence-corrected chi connectivity index (χ3v) is 3.17. The molecule has 0 bridgehead atoms. The number of rotatable bonds is 7. The molecule has 1 aromatic heterocycles. The molecule has 1 rings (SSSR count). The Kier molecular flexibility index (Phi) is 8.82. The van der Waals surface area contributed by atoms with Crippen molar-refractivity contribution in [2.24, 2.45) is 11.7 Å². The Bertz CT molecular complexity index is 383. The third-order valence-electron chi connectivity index (χ3n) is 2.31. The summed E-state index contributed by atoms with van der Waals surface area (Å²) in [5, 5.41) is 12.1. The quantitative estimate of drug-likeness (QED) is 0.796. The van der Waals surface area contributed by atoms with Crippen molar-refractivity contribution in [1.29, 1.82) is 0 Å². The van der Waals surface area contributed by atoms with Gasteiger partial charge in [0.05, 0.1) is 12.5 Å². The molecule has 110 valence electrons. The number of hydrogen-bond donors (Lipinski definition) is 2. The van der Waals surface area contributed by atoms with E-state index in [9.17, 15) is 4.79 Å². The van der Waals surface area contributed by atoms with Crippen LogP contribution in [0.5, 0.6) is 0 Å². The van der Waals surface area contributed by atoms with Gasteiger partial charge >= 0.3 is 0 Å². The van der Waals surface area contributed by atoms with Crippen molar-refractivity contribution in [3.05, 3.63) is 5.01 Å². The molecule has 0 aliphatic heterocycles. The smallest absolute Gasteiger partial charge is 0.228 e. The maximum atomic E-state index is 11.7. The van der Waals surface area contributed by atoms with E-state index in [4.69, 9.17) is 10.5 Å². The highest BCUT2D eigenvalue weighted by atomic mass is 35.5. The molecule has 1 atom stereocenters. The molecule has 0 aliphatic carbocycles. The van der Waals surface area contributed by atoms with E-state index in [1.165, 1.54) is 18.4 Å². The van der Waals surface area contributed by atoms with Crippen molar-refractivity contribution < 1.29 is 9.53 Å². The zero-order chi connectivity index (χ0) is 13.5. The van der Waals surface area contributed by atoms with Crippen LogP contribution >= 0.6 is 23.7 Å². The first-order chi connectivity index (χ1) is 8.55. The third kappa shape index (κ3) is 6.81. The molecule has 0 saturated carbocycles. The molecule has 1 unspecified atom stereocenters. The summed E-state index contributed by atoms with van der Waals surface area (Å²) in [6.07, 6.45) is 0.844. The molecule has 8 heteroatoms. The van der Waals surface area contributed by atoms with Crippen LogP contribution in [0.3, 0.4) is 0 Å². The molecule has 19 heavy (non-hydrogen) atoms. The maximum Gasteiger partial charge on any atom is 0.228 e. The van der Waals surface area contributed by atoms with E-state index >= 15 is 0 Å². The Hall–Kier alpha value is -0.760. The summed E-state index contributed by atoms with van der Waals surface area (Å²) in [7, 11) is 1.54. The molecular formula is C11H21ClN4O2S. The highest BCUT2D eigenvalue weighted by molar-refractivity contribution is 7.15. The minimum atomic E-state index is -0.256. The molecule has 0 fully saturated rings. The number of carbonyl (C=O) groups is 1. The number of aromatic nitrogens is 2. The molecule has 1 aromatic rings. The zero-order valence-corrected chi connectivity index (χ0v) is 13.0. The van der Waals surface area contributed by atoms with Gasteiger partial charge in [0.15, 0.2) is 0 Å². The van der Waals surface area contributed by atoms with Crippen LogP contribution in [-0.2, 0) is 16.0 Å². The fourth-order valence-electron chi connectivity index (χ4n) is 1.38. The van der Waals surface area contributed by atoms with Gasteiger partial charge in [0.1, 0.15) is 5.01 Å². The Morgan fingerprint density at radius 2 is 2.16 bits per heavy atom. The van der Waals surface area contributed by atoms with E-state index in [2.05, 4.69) is 29.4 Å². The average molecular weight is 309 g/mol. The number of hydrogen-bond acceptors (Lipinski definition) is 6. The van der Waals surface area contributed by atoms with Gasteiger partial charge in [0, 0.05) is 20.1 Å². The van der Waals surface area contributed by atoms with Crippen LogP contribution in [0, 0.1) is 5.92 Å². The van der Waals surface area contributed by atoms with E-state index < -0.39 is 0 Å². The van der Waals surface area contributed by atoms with Crippen LogP contribution in [-0.4, -0.2) is 35.9 Å². The first-order valence-corrected chi connectivity index (χ1v) is 6.71. The molecule has 0 radical (unpaired) electrons. The highest BCUT2D eigenvalue weighted by Gasteiger charge is 2.13. The Balaban J connectivity index is 0.00000324. The summed E-state index contributed by atoms with van der Waals surface area (Å²) in [5.74, 6) is 0.371. The van der Waals surface area contributed by atoms with Crippen LogP contribution in [0.1, 0.15) is 25.3 Å². The Morgan fingerprint density at radius 1 is 1.47 bits per heavy atom. The van der Waals surface area contributed by atoms with Crippen molar-refractivity contribution >= 4 is 34.8 Å². The van der Waals surface area contributed by atoms with Gasteiger partial charge in [-0.3, -0.25) is 4.79 Å². The second-order valence-corrected chi connectivity index (χ2v) is 5.51. The largest absolute Gasteiger partial charge is 0.380 e. The summed E-state index contributed by atoms with van der Waals surface area (Å²) in [6.45, 7) is 4.55. The van der Waals surface area contributed by atoms with Crippen LogP contribution in [0.25, 0.3) is 0 Å². The van der Waals surface area contributed by atoms with Crippen molar-refractivity contribution in [3.8, 4) is 0 Å². The minimum absolute atomic E-state index is 0. The standard InChI is InChI=1S/C11H20N4O2S.ClH/c1-7(2)4-10-14-15-11(18-10)13-9(16)5-8(6-12)17-3;/h7-8H,4-6,12H2,1-3H3,(H,13,15,16);1H. The topological polar surface area (TPSA) is 90.1 Å². The highest BCUT2D eigenvalue weighted by Crippen LogP contribution is 2.18. The molecule has 6 nitrogen and oxygen atoms in total. The van der Waals surface area contributed by atoms with Gasteiger partial charge in [-0.2, -0.15) is 0 Å². The van der Waals surface area contributed by atoms with Gasteiger partial charge in [0.25, 0.3) is 0 Å². The monoisotopic (exact) mass is 308 g/mol. The first-order valence-electron chi connectivity index (χ1n) is 5.90. The number of anilines is 1. The molecule has 0 spiro atoms. The fraction of sp³-hybridized carbons (Fsp3) is 0.727.